The van der Waals surface area contributed by atoms with Crippen molar-refractivity contribution in [2.75, 3.05) is 25.1 Å². The zero-order valence-corrected chi connectivity index (χ0v) is 15.5. The van der Waals surface area contributed by atoms with Crippen LogP contribution in [0.2, 0.25) is 0 Å². The summed E-state index contributed by atoms with van der Waals surface area (Å²) >= 11 is 1.89. The van der Waals surface area contributed by atoms with Crippen LogP contribution in [-0.2, 0) is 4.74 Å². The van der Waals surface area contributed by atoms with Gasteiger partial charge in [-0.15, -0.1) is 0 Å². The number of alkyl carbamates (subject to hydrolysis) is 1. The average molecular weight is 319 g/mol. The number of hydrogen-bond acceptors (Lipinski definition) is 4. The van der Waals surface area contributed by atoms with Crippen LogP contribution in [0.25, 0.3) is 0 Å². The lowest BCUT2D eigenvalue weighted by atomic mass is 9.92. The molecule has 0 radical (unpaired) electrons. The Hall–Kier alpha value is -0.420. The number of carbonyl (C=O) groups excluding carboxylic acids is 1. The van der Waals surface area contributed by atoms with Gasteiger partial charge in [0.15, 0.2) is 0 Å². The predicted octanol–water partition coefficient (Wildman–Crippen LogP) is 3.80. The van der Waals surface area contributed by atoms with E-state index >= 15 is 0 Å². The molecule has 0 aliphatic heterocycles. The van der Waals surface area contributed by atoms with E-state index in [-0.39, 0.29) is 11.6 Å². The molecule has 0 aromatic carbocycles. The lowest BCUT2D eigenvalue weighted by Gasteiger charge is -2.34. The van der Waals surface area contributed by atoms with Gasteiger partial charge in [-0.1, -0.05) is 13.8 Å². The third-order valence-electron chi connectivity index (χ3n) is 3.60. The largest absolute Gasteiger partial charge is 0.444 e. The van der Waals surface area contributed by atoms with Gasteiger partial charge >= 0.3 is 6.09 Å². The smallest absolute Gasteiger partial charge is 0.407 e. The number of ether oxygens (including phenoxy) is 1. The molecule has 4 nitrogen and oxygen atoms in total. The fourth-order valence-electron chi connectivity index (χ4n) is 2.09. The lowest BCUT2D eigenvalue weighted by Crippen LogP contribution is -2.53. The first-order chi connectivity index (χ1) is 9.78. The molecule has 0 rings (SSSR count). The van der Waals surface area contributed by atoms with Gasteiger partial charge in [-0.3, -0.25) is 0 Å². The van der Waals surface area contributed by atoms with E-state index in [0.717, 1.165) is 19.4 Å². The molecule has 5 heteroatoms. The van der Waals surface area contributed by atoms with Gasteiger partial charge in [-0.25, -0.2) is 4.79 Å². The molecule has 0 spiro atoms. The molecule has 0 bridgehead atoms. The van der Waals surface area contributed by atoms with Crippen molar-refractivity contribution in [2.24, 2.45) is 0 Å². The zero-order valence-electron chi connectivity index (χ0n) is 14.7. The van der Waals surface area contributed by atoms with Crippen LogP contribution in [0.4, 0.5) is 4.79 Å². The molecule has 0 heterocycles. The Kier molecular flexibility index (Phi) is 10.1. The van der Waals surface area contributed by atoms with Crippen molar-refractivity contribution in [1.82, 2.24) is 10.6 Å². The Morgan fingerprint density at radius 3 is 2.24 bits per heavy atom. The second-order valence-corrected chi connectivity index (χ2v) is 7.46. The minimum Gasteiger partial charge on any atom is -0.444 e. The average Bonchev–Trinajstić information content (AvgIpc) is 2.40. The fraction of sp³-hybridized carbons (Fsp3) is 0.938. The van der Waals surface area contributed by atoms with Crippen LogP contribution in [0.3, 0.4) is 0 Å². The molecule has 0 aromatic heterocycles. The molecule has 0 aliphatic carbocycles. The summed E-state index contributed by atoms with van der Waals surface area (Å²) in [4.78, 5) is 11.8. The topological polar surface area (TPSA) is 50.4 Å². The molecule has 0 fully saturated rings. The van der Waals surface area contributed by atoms with Gasteiger partial charge in [0.1, 0.15) is 5.60 Å². The van der Waals surface area contributed by atoms with Crippen molar-refractivity contribution in [1.29, 1.82) is 0 Å². The summed E-state index contributed by atoms with van der Waals surface area (Å²) in [5.74, 6) is 1.21. The van der Waals surface area contributed by atoms with Gasteiger partial charge < -0.3 is 15.4 Å². The van der Waals surface area contributed by atoms with Crippen molar-refractivity contribution >= 4 is 17.9 Å². The molecule has 1 amide bonds. The van der Waals surface area contributed by atoms with Gasteiger partial charge in [0, 0.05) is 12.1 Å². The van der Waals surface area contributed by atoms with E-state index in [1.807, 2.05) is 32.5 Å². The highest BCUT2D eigenvalue weighted by atomic mass is 32.2. The SMILES string of the molecule is CCC(CC)(CNC(=O)OC(C)(C)C)NCCCCSC. The highest BCUT2D eigenvalue weighted by Gasteiger charge is 2.26. The second-order valence-electron chi connectivity index (χ2n) is 6.47. The monoisotopic (exact) mass is 318 g/mol. The highest BCUT2D eigenvalue weighted by Crippen LogP contribution is 2.15. The van der Waals surface area contributed by atoms with Gasteiger partial charge in [-0.2, -0.15) is 11.8 Å². The van der Waals surface area contributed by atoms with Crippen LogP contribution < -0.4 is 10.6 Å². The summed E-state index contributed by atoms with van der Waals surface area (Å²) in [5.41, 5.74) is -0.479. The standard InChI is InChI=1S/C16H34N2O2S/c1-7-16(8-2,18-11-9-10-12-21-6)13-17-14(19)20-15(3,4)5/h18H,7-13H2,1-6H3,(H,17,19). The minimum atomic E-state index is -0.448. The minimum absolute atomic E-state index is 0.0315. The molecule has 0 aromatic rings. The van der Waals surface area contributed by atoms with Gasteiger partial charge in [0.05, 0.1) is 0 Å². The van der Waals surface area contributed by atoms with E-state index in [9.17, 15) is 4.79 Å². The van der Waals surface area contributed by atoms with Gasteiger partial charge in [0.25, 0.3) is 0 Å². The number of carbonyl (C=O) groups is 1. The molecule has 21 heavy (non-hydrogen) atoms. The first kappa shape index (κ1) is 20.6. The third-order valence-corrected chi connectivity index (χ3v) is 4.30. The molecule has 0 saturated heterocycles. The van der Waals surface area contributed by atoms with Crippen LogP contribution in [-0.4, -0.2) is 42.3 Å². The molecule has 0 atom stereocenters. The van der Waals surface area contributed by atoms with Crippen LogP contribution in [0, 0.1) is 0 Å². The Balaban J connectivity index is 4.23. The van der Waals surface area contributed by atoms with E-state index in [0.29, 0.717) is 6.54 Å². The predicted molar refractivity (Wildman–Crippen MR) is 93.2 cm³/mol. The van der Waals surface area contributed by atoms with E-state index in [4.69, 9.17) is 4.74 Å². The van der Waals surface area contributed by atoms with Crippen molar-refractivity contribution in [2.45, 2.75) is 71.4 Å². The van der Waals surface area contributed by atoms with E-state index < -0.39 is 5.60 Å². The summed E-state index contributed by atoms with van der Waals surface area (Å²) < 4.78 is 5.30. The summed E-state index contributed by atoms with van der Waals surface area (Å²) in [6.45, 7) is 11.6. The van der Waals surface area contributed by atoms with Crippen LogP contribution >= 0.6 is 11.8 Å². The van der Waals surface area contributed by atoms with E-state index in [1.165, 1.54) is 18.6 Å². The summed E-state index contributed by atoms with van der Waals surface area (Å²) in [5, 5.41) is 6.54. The Morgan fingerprint density at radius 2 is 1.76 bits per heavy atom. The zero-order chi connectivity index (χ0) is 16.4. The van der Waals surface area contributed by atoms with Gasteiger partial charge in [-0.05, 0) is 65.0 Å². The molecule has 2 N–H and O–H groups in total. The number of rotatable bonds is 10. The number of nitrogens with one attached hydrogen (secondary N) is 2. The van der Waals surface area contributed by atoms with Crippen molar-refractivity contribution < 1.29 is 9.53 Å². The maximum atomic E-state index is 11.8. The Labute approximate surface area is 135 Å². The quantitative estimate of drug-likeness (QED) is 0.602. The second kappa shape index (κ2) is 10.3. The van der Waals surface area contributed by atoms with Crippen LogP contribution in [0.15, 0.2) is 0 Å². The number of amides is 1. The summed E-state index contributed by atoms with van der Waals surface area (Å²) in [7, 11) is 0. The van der Waals surface area contributed by atoms with E-state index in [1.54, 1.807) is 0 Å². The summed E-state index contributed by atoms with van der Waals surface area (Å²) in [6, 6.07) is 0. The number of hydrogen-bond donors (Lipinski definition) is 2. The normalized spacial score (nSPS) is 12.3. The molecule has 0 saturated carbocycles. The van der Waals surface area contributed by atoms with Crippen molar-refractivity contribution in [3.05, 3.63) is 0 Å². The first-order valence-electron chi connectivity index (χ1n) is 7.99. The molecular formula is C16H34N2O2S. The van der Waals surface area contributed by atoms with Crippen molar-refractivity contribution in [3.63, 3.8) is 0 Å². The Morgan fingerprint density at radius 1 is 1.14 bits per heavy atom. The summed E-state index contributed by atoms with van der Waals surface area (Å²) in [6.07, 6.45) is 6.19. The molecule has 126 valence electrons. The molecule has 0 unspecified atom stereocenters. The maximum Gasteiger partial charge on any atom is 0.407 e. The first-order valence-corrected chi connectivity index (χ1v) is 9.39. The van der Waals surface area contributed by atoms with Crippen LogP contribution in [0.1, 0.15) is 60.3 Å². The number of unbranched alkanes of at least 4 members (excludes halogenated alkanes) is 1. The number of thioether (sulfide) groups is 1. The highest BCUT2D eigenvalue weighted by molar-refractivity contribution is 7.98. The van der Waals surface area contributed by atoms with Crippen molar-refractivity contribution in [3.8, 4) is 0 Å². The van der Waals surface area contributed by atoms with E-state index in [2.05, 4.69) is 30.7 Å². The Bertz CT molecular complexity index is 286. The van der Waals surface area contributed by atoms with Crippen LogP contribution in [0.5, 0.6) is 0 Å². The fourth-order valence-corrected chi connectivity index (χ4v) is 2.59. The lowest BCUT2D eigenvalue weighted by molar-refractivity contribution is 0.0507. The van der Waals surface area contributed by atoms with Gasteiger partial charge in [0.2, 0.25) is 0 Å². The third kappa shape index (κ3) is 10.0. The maximum absolute atomic E-state index is 11.8. The molecular weight excluding hydrogens is 284 g/mol. The molecule has 0 aliphatic rings.